The van der Waals surface area contributed by atoms with Gasteiger partial charge in [-0.3, -0.25) is 9.69 Å². The minimum atomic E-state index is -0.0369. The topological polar surface area (TPSA) is 50.6 Å². The van der Waals surface area contributed by atoms with Crippen LogP contribution < -0.4 is 4.74 Å². The lowest BCUT2D eigenvalue weighted by Crippen LogP contribution is -2.46. The van der Waals surface area contributed by atoms with Gasteiger partial charge in [0.05, 0.1) is 26.2 Å². The van der Waals surface area contributed by atoms with Gasteiger partial charge < -0.3 is 14.2 Å². The van der Waals surface area contributed by atoms with Crippen molar-refractivity contribution in [3.63, 3.8) is 0 Å². The van der Waals surface area contributed by atoms with Crippen molar-refractivity contribution < 1.29 is 9.53 Å². The summed E-state index contributed by atoms with van der Waals surface area (Å²) in [7, 11) is 1.68. The minimum Gasteiger partial charge on any atom is -0.496 e. The normalized spacial score (nSPS) is 20.7. The summed E-state index contributed by atoms with van der Waals surface area (Å²) in [5.74, 6) is 1.96. The molecule has 2 aromatic rings. The fraction of sp³-hybridized carbons (Fsp3) is 0.500. The first-order valence-electron chi connectivity index (χ1n) is 9.41. The zero-order valence-electron chi connectivity index (χ0n) is 15.3. The number of nitrogens with zero attached hydrogens (tertiary/aromatic N) is 4. The van der Waals surface area contributed by atoms with E-state index >= 15 is 0 Å². The number of piperidine rings is 1. The molecule has 1 saturated heterocycles. The molecule has 0 N–H and O–H groups in total. The Morgan fingerprint density at radius 2 is 2.04 bits per heavy atom. The van der Waals surface area contributed by atoms with Crippen molar-refractivity contribution in [2.24, 2.45) is 0 Å². The number of benzene rings is 1. The number of methoxy groups -OCH3 is 1. The van der Waals surface area contributed by atoms with E-state index in [0.717, 1.165) is 30.2 Å². The number of carbonyl (C=O) groups is 1. The minimum absolute atomic E-state index is 0.0369. The first-order chi connectivity index (χ1) is 12.8. The molecule has 1 aromatic heterocycles. The lowest BCUT2D eigenvalue weighted by atomic mass is 10.0. The Morgan fingerprint density at radius 1 is 1.23 bits per heavy atom. The number of likely N-dealkylation sites (tertiary alicyclic amines) is 1. The largest absolute Gasteiger partial charge is 0.496 e. The Labute approximate surface area is 154 Å². The Balaban J connectivity index is 1.62. The third kappa shape index (κ3) is 3.33. The number of imidazole rings is 1. The molecule has 1 atom stereocenters. The molecule has 1 fully saturated rings. The smallest absolute Gasteiger partial charge is 0.237 e. The molecule has 26 heavy (non-hydrogen) atoms. The van der Waals surface area contributed by atoms with Gasteiger partial charge in [-0.15, -0.1) is 0 Å². The Bertz CT molecular complexity index is 767. The number of hydrogen-bond donors (Lipinski definition) is 0. The van der Waals surface area contributed by atoms with Crippen molar-refractivity contribution in [3.05, 3.63) is 48.0 Å². The van der Waals surface area contributed by atoms with E-state index in [2.05, 4.69) is 20.5 Å². The van der Waals surface area contributed by atoms with Crippen LogP contribution >= 0.6 is 0 Å². The molecule has 2 aliphatic heterocycles. The van der Waals surface area contributed by atoms with Crippen LogP contribution in [0.4, 0.5) is 0 Å². The van der Waals surface area contributed by atoms with E-state index < -0.39 is 0 Å². The van der Waals surface area contributed by atoms with Crippen LogP contribution in [0, 0.1) is 0 Å². The summed E-state index contributed by atoms with van der Waals surface area (Å²) in [5, 5.41) is 0. The zero-order chi connectivity index (χ0) is 17.9. The average molecular weight is 354 g/mol. The van der Waals surface area contributed by atoms with Crippen LogP contribution in [0.15, 0.2) is 36.7 Å². The summed E-state index contributed by atoms with van der Waals surface area (Å²) in [4.78, 5) is 21.9. The third-order valence-electron chi connectivity index (χ3n) is 5.49. The number of carbonyl (C=O) groups excluding carboxylic acids is 1. The highest BCUT2D eigenvalue weighted by Crippen LogP contribution is 2.34. The lowest BCUT2D eigenvalue weighted by molar-refractivity contribution is -0.137. The molecule has 6 heteroatoms. The monoisotopic (exact) mass is 354 g/mol. The molecule has 0 saturated carbocycles. The fourth-order valence-corrected chi connectivity index (χ4v) is 4.07. The molecule has 0 bridgehead atoms. The molecule has 6 nitrogen and oxygen atoms in total. The molecule has 4 rings (SSSR count). The Morgan fingerprint density at radius 3 is 2.85 bits per heavy atom. The predicted octanol–water partition coefficient (Wildman–Crippen LogP) is 2.46. The number of rotatable bonds is 4. The highest BCUT2D eigenvalue weighted by atomic mass is 16.5. The van der Waals surface area contributed by atoms with E-state index in [0.29, 0.717) is 19.6 Å². The third-order valence-corrected chi connectivity index (χ3v) is 5.49. The standard InChI is InChI=1S/C20H26N4O2/c1-26-18-8-4-3-7-16(18)17-13-23-12-9-21-19(23)14-24(17)20(25)15-22-10-5-2-6-11-22/h3-4,7-9,12,17H,2,5-6,10-11,13-15H2,1H3/t17-/m0/s1. The molecule has 2 aliphatic rings. The number of hydrogen-bond acceptors (Lipinski definition) is 4. The SMILES string of the molecule is COc1ccccc1[C@@H]1Cn2ccnc2CN1C(=O)CN1CCCCC1. The summed E-state index contributed by atoms with van der Waals surface area (Å²) in [6.45, 7) is 3.79. The molecule has 0 spiro atoms. The zero-order valence-corrected chi connectivity index (χ0v) is 15.3. The lowest BCUT2D eigenvalue weighted by Gasteiger charge is -2.38. The molecule has 0 unspecified atom stereocenters. The molecule has 3 heterocycles. The van der Waals surface area contributed by atoms with Gasteiger partial charge in [-0.2, -0.15) is 0 Å². The number of para-hydroxylation sites is 1. The van der Waals surface area contributed by atoms with Crippen LogP contribution in [0.1, 0.15) is 36.7 Å². The number of fused-ring (bicyclic) bond motifs is 1. The van der Waals surface area contributed by atoms with Gasteiger partial charge in [0.2, 0.25) is 5.91 Å². The molecule has 138 valence electrons. The number of ether oxygens (including phenoxy) is 1. The van der Waals surface area contributed by atoms with Gasteiger partial charge in [0.1, 0.15) is 11.6 Å². The van der Waals surface area contributed by atoms with E-state index in [1.54, 1.807) is 7.11 Å². The first-order valence-corrected chi connectivity index (χ1v) is 9.41. The van der Waals surface area contributed by atoms with Gasteiger partial charge in [0.25, 0.3) is 0 Å². The van der Waals surface area contributed by atoms with E-state index in [-0.39, 0.29) is 11.9 Å². The second-order valence-electron chi connectivity index (χ2n) is 7.11. The van der Waals surface area contributed by atoms with Crippen LogP contribution in [-0.4, -0.2) is 52.0 Å². The molecular weight excluding hydrogens is 328 g/mol. The van der Waals surface area contributed by atoms with Crippen molar-refractivity contribution in [1.29, 1.82) is 0 Å². The number of aromatic nitrogens is 2. The molecule has 0 aliphatic carbocycles. The van der Waals surface area contributed by atoms with Crippen molar-refractivity contribution in [2.75, 3.05) is 26.7 Å². The first kappa shape index (κ1) is 17.1. The van der Waals surface area contributed by atoms with Gasteiger partial charge in [0.15, 0.2) is 0 Å². The molecule has 0 radical (unpaired) electrons. The number of amides is 1. The van der Waals surface area contributed by atoms with Crippen molar-refractivity contribution in [1.82, 2.24) is 19.4 Å². The van der Waals surface area contributed by atoms with Gasteiger partial charge in [-0.1, -0.05) is 24.6 Å². The maximum atomic E-state index is 13.2. The summed E-state index contributed by atoms with van der Waals surface area (Å²) in [6, 6.07) is 7.96. The van der Waals surface area contributed by atoms with Gasteiger partial charge in [-0.05, 0) is 32.0 Å². The van der Waals surface area contributed by atoms with Gasteiger partial charge in [-0.25, -0.2) is 4.98 Å². The van der Waals surface area contributed by atoms with Crippen LogP contribution in [0.5, 0.6) is 5.75 Å². The van der Waals surface area contributed by atoms with E-state index in [9.17, 15) is 4.79 Å². The van der Waals surface area contributed by atoms with Crippen LogP contribution in [0.25, 0.3) is 0 Å². The second-order valence-corrected chi connectivity index (χ2v) is 7.11. The van der Waals surface area contributed by atoms with Crippen molar-refractivity contribution in [2.45, 2.75) is 38.4 Å². The van der Waals surface area contributed by atoms with E-state index in [1.165, 1.54) is 19.3 Å². The van der Waals surface area contributed by atoms with Crippen molar-refractivity contribution >= 4 is 5.91 Å². The Hall–Kier alpha value is -2.34. The maximum Gasteiger partial charge on any atom is 0.237 e. The van der Waals surface area contributed by atoms with Gasteiger partial charge in [0, 0.05) is 24.5 Å². The molecular formula is C20H26N4O2. The van der Waals surface area contributed by atoms with Gasteiger partial charge >= 0.3 is 0 Å². The summed E-state index contributed by atoms with van der Waals surface area (Å²) in [5.41, 5.74) is 1.06. The van der Waals surface area contributed by atoms with Crippen LogP contribution in [0.3, 0.4) is 0 Å². The fourth-order valence-electron chi connectivity index (χ4n) is 4.07. The van der Waals surface area contributed by atoms with Crippen LogP contribution in [0.2, 0.25) is 0 Å². The summed E-state index contributed by atoms with van der Waals surface area (Å²) >= 11 is 0. The van der Waals surface area contributed by atoms with Crippen LogP contribution in [-0.2, 0) is 17.9 Å². The highest BCUT2D eigenvalue weighted by molar-refractivity contribution is 5.79. The summed E-state index contributed by atoms with van der Waals surface area (Å²) in [6.07, 6.45) is 7.45. The Kier molecular flexibility index (Phi) is 4.93. The highest BCUT2D eigenvalue weighted by Gasteiger charge is 2.33. The van der Waals surface area contributed by atoms with E-state index in [4.69, 9.17) is 4.74 Å². The summed E-state index contributed by atoms with van der Waals surface area (Å²) < 4.78 is 7.71. The second kappa shape index (κ2) is 7.50. The maximum absolute atomic E-state index is 13.2. The molecule has 1 amide bonds. The predicted molar refractivity (Wildman–Crippen MR) is 98.8 cm³/mol. The average Bonchev–Trinajstić information content (AvgIpc) is 3.15. The molecule has 1 aromatic carbocycles. The van der Waals surface area contributed by atoms with Crippen molar-refractivity contribution in [3.8, 4) is 5.75 Å². The van der Waals surface area contributed by atoms with E-state index in [1.807, 2.05) is 35.5 Å². The quantitative estimate of drug-likeness (QED) is 0.846.